The second kappa shape index (κ2) is 4.04. The van der Waals surface area contributed by atoms with Crippen LogP contribution in [0.2, 0.25) is 0 Å². The van der Waals surface area contributed by atoms with Gasteiger partial charge in [0, 0.05) is 6.54 Å². The van der Waals surface area contributed by atoms with Crippen molar-refractivity contribution >= 4 is 0 Å². The summed E-state index contributed by atoms with van der Waals surface area (Å²) in [5.41, 5.74) is 6.17. The van der Waals surface area contributed by atoms with Gasteiger partial charge in [-0.2, -0.15) is 0 Å². The molecule has 4 heteroatoms. The van der Waals surface area contributed by atoms with Gasteiger partial charge in [-0.3, -0.25) is 0 Å². The molecule has 0 aliphatic carbocycles. The van der Waals surface area contributed by atoms with Crippen LogP contribution in [0.5, 0.6) is 0 Å². The van der Waals surface area contributed by atoms with Gasteiger partial charge in [0.25, 0.3) is 0 Å². The average molecular weight is 197 g/mol. The molecule has 0 saturated carbocycles. The van der Waals surface area contributed by atoms with Gasteiger partial charge in [0.2, 0.25) is 0 Å². The summed E-state index contributed by atoms with van der Waals surface area (Å²) >= 11 is 0. The SMILES string of the molecule is NCC1OCC(c2cccc(F)c2)O1. The van der Waals surface area contributed by atoms with Gasteiger partial charge >= 0.3 is 0 Å². The van der Waals surface area contributed by atoms with E-state index in [1.54, 1.807) is 6.07 Å². The fraction of sp³-hybridized carbons (Fsp3) is 0.400. The normalized spacial score (nSPS) is 26.7. The molecule has 0 radical (unpaired) electrons. The highest BCUT2D eigenvalue weighted by molar-refractivity contribution is 5.19. The van der Waals surface area contributed by atoms with E-state index in [9.17, 15) is 4.39 Å². The Balaban J connectivity index is 2.09. The highest BCUT2D eigenvalue weighted by Gasteiger charge is 2.26. The molecule has 1 aromatic carbocycles. The van der Waals surface area contributed by atoms with E-state index in [1.165, 1.54) is 12.1 Å². The Labute approximate surface area is 81.6 Å². The largest absolute Gasteiger partial charge is 0.348 e. The van der Waals surface area contributed by atoms with Crippen molar-refractivity contribution in [3.63, 3.8) is 0 Å². The highest BCUT2D eigenvalue weighted by Crippen LogP contribution is 2.26. The van der Waals surface area contributed by atoms with Crippen LogP contribution in [-0.4, -0.2) is 19.4 Å². The van der Waals surface area contributed by atoms with Crippen LogP contribution in [0.3, 0.4) is 0 Å². The first-order valence-electron chi connectivity index (χ1n) is 4.52. The number of nitrogens with two attached hydrogens (primary N) is 1. The molecule has 2 rings (SSSR count). The molecule has 2 N–H and O–H groups in total. The quantitative estimate of drug-likeness (QED) is 0.774. The van der Waals surface area contributed by atoms with Crippen LogP contribution < -0.4 is 5.73 Å². The molecule has 3 nitrogen and oxygen atoms in total. The Bertz CT molecular complexity index is 319. The maximum absolute atomic E-state index is 12.9. The molecule has 0 bridgehead atoms. The molecule has 0 amide bonds. The molecule has 1 aliphatic rings. The second-order valence-corrected chi connectivity index (χ2v) is 3.18. The van der Waals surface area contributed by atoms with Gasteiger partial charge in [0.1, 0.15) is 11.9 Å². The lowest BCUT2D eigenvalue weighted by atomic mass is 10.1. The van der Waals surface area contributed by atoms with E-state index >= 15 is 0 Å². The monoisotopic (exact) mass is 197 g/mol. The zero-order valence-corrected chi connectivity index (χ0v) is 7.65. The first kappa shape index (κ1) is 9.58. The fourth-order valence-corrected chi connectivity index (χ4v) is 1.46. The molecular formula is C10H12FNO2. The van der Waals surface area contributed by atoms with Crippen LogP contribution in [-0.2, 0) is 9.47 Å². The standard InChI is InChI=1S/C10H12FNO2/c11-8-3-1-2-7(4-8)9-6-13-10(5-12)14-9/h1-4,9-10H,5-6,12H2. The van der Waals surface area contributed by atoms with Crippen molar-refractivity contribution in [2.24, 2.45) is 5.73 Å². The molecule has 1 saturated heterocycles. The summed E-state index contributed by atoms with van der Waals surface area (Å²) in [6.45, 7) is 0.761. The van der Waals surface area contributed by atoms with E-state index in [0.29, 0.717) is 13.2 Å². The van der Waals surface area contributed by atoms with Crippen molar-refractivity contribution in [1.29, 1.82) is 0 Å². The number of benzene rings is 1. The summed E-state index contributed by atoms with van der Waals surface area (Å²) < 4.78 is 23.6. The topological polar surface area (TPSA) is 44.5 Å². The summed E-state index contributed by atoms with van der Waals surface area (Å²) in [5.74, 6) is -0.262. The maximum Gasteiger partial charge on any atom is 0.170 e. The third-order valence-corrected chi connectivity index (χ3v) is 2.16. The molecule has 14 heavy (non-hydrogen) atoms. The third kappa shape index (κ3) is 1.92. The van der Waals surface area contributed by atoms with E-state index < -0.39 is 0 Å². The smallest absolute Gasteiger partial charge is 0.170 e. The van der Waals surface area contributed by atoms with Crippen molar-refractivity contribution in [3.05, 3.63) is 35.6 Å². The minimum absolute atomic E-state index is 0.195. The Kier molecular flexibility index (Phi) is 2.77. The summed E-state index contributed by atoms with van der Waals surface area (Å²) in [6.07, 6.45) is -0.553. The number of ether oxygens (including phenoxy) is 2. The third-order valence-electron chi connectivity index (χ3n) is 2.16. The van der Waals surface area contributed by atoms with Crippen LogP contribution in [0.25, 0.3) is 0 Å². The van der Waals surface area contributed by atoms with E-state index in [-0.39, 0.29) is 18.2 Å². The summed E-state index contributed by atoms with van der Waals surface area (Å²) in [4.78, 5) is 0. The Morgan fingerprint density at radius 3 is 3.00 bits per heavy atom. The Morgan fingerprint density at radius 1 is 1.50 bits per heavy atom. The lowest BCUT2D eigenvalue weighted by Gasteiger charge is -2.09. The Hall–Kier alpha value is -0.970. The first-order chi connectivity index (χ1) is 6.79. The molecule has 1 aromatic rings. The number of halogens is 1. The van der Waals surface area contributed by atoms with Crippen LogP contribution in [0.4, 0.5) is 4.39 Å². The van der Waals surface area contributed by atoms with E-state index in [4.69, 9.17) is 15.2 Å². The number of hydrogen-bond acceptors (Lipinski definition) is 3. The van der Waals surface area contributed by atoms with Crippen molar-refractivity contribution in [3.8, 4) is 0 Å². The minimum atomic E-state index is -0.358. The van der Waals surface area contributed by atoms with E-state index in [2.05, 4.69) is 0 Å². The highest BCUT2D eigenvalue weighted by atomic mass is 19.1. The molecule has 1 fully saturated rings. The average Bonchev–Trinajstić information content (AvgIpc) is 2.66. The molecular weight excluding hydrogens is 185 g/mol. The van der Waals surface area contributed by atoms with E-state index in [1.807, 2.05) is 6.07 Å². The summed E-state index contributed by atoms with van der Waals surface area (Å²) in [7, 11) is 0. The zero-order chi connectivity index (χ0) is 9.97. The van der Waals surface area contributed by atoms with E-state index in [0.717, 1.165) is 5.56 Å². The molecule has 0 aromatic heterocycles. The van der Waals surface area contributed by atoms with Gasteiger partial charge in [-0.1, -0.05) is 12.1 Å². The van der Waals surface area contributed by atoms with Gasteiger partial charge in [-0.15, -0.1) is 0 Å². The summed E-state index contributed by atoms with van der Waals surface area (Å²) in [6, 6.07) is 6.33. The van der Waals surface area contributed by atoms with Gasteiger partial charge in [0.05, 0.1) is 6.61 Å². The van der Waals surface area contributed by atoms with Crippen molar-refractivity contribution in [2.45, 2.75) is 12.4 Å². The van der Waals surface area contributed by atoms with Gasteiger partial charge in [-0.05, 0) is 17.7 Å². The lowest BCUT2D eigenvalue weighted by Crippen LogP contribution is -2.20. The van der Waals surface area contributed by atoms with Crippen LogP contribution >= 0.6 is 0 Å². The van der Waals surface area contributed by atoms with Gasteiger partial charge in [-0.25, -0.2) is 4.39 Å². The lowest BCUT2D eigenvalue weighted by molar-refractivity contribution is -0.0497. The first-order valence-corrected chi connectivity index (χ1v) is 4.52. The van der Waals surface area contributed by atoms with Crippen LogP contribution in [0.15, 0.2) is 24.3 Å². The number of rotatable bonds is 2. The van der Waals surface area contributed by atoms with Crippen molar-refractivity contribution in [2.75, 3.05) is 13.2 Å². The summed E-state index contributed by atoms with van der Waals surface area (Å²) in [5, 5.41) is 0. The minimum Gasteiger partial charge on any atom is -0.348 e. The molecule has 2 atom stereocenters. The maximum atomic E-state index is 12.9. The molecule has 1 heterocycles. The molecule has 2 unspecified atom stereocenters. The van der Waals surface area contributed by atoms with Crippen LogP contribution in [0.1, 0.15) is 11.7 Å². The van der Waals surface area contributed by atoms with Gasteiger partial charge in [0.15, 0.2) is 6.29 Å². The van der Waals surface area contributed by atoms with Crippen molar-refractivity contribution < 1.29 is 13.9 Å². The number of hydrogen-bond donors (Lipinski definition) is 1. The van der Waals surface area contributed by atoms with Gasteiger partial charge < -0.3 is 15.2 Å². The predicted octanol–water partition coefficient (Wildman–Crippen LogP) is 1.20. The fourth-order valence-electron chi connectivity index (χ4n) is 1.46. The van der Waals surface area contributed by atoms with Crippen molar-refractivity contribution in [1.82, 2.24) is 0 Å². The predicted molar refractivity (Wildman–Crippen MR) is 49.0 cm³/mol. The molecule has 0 spiro atoms. The molecule has 1 aliphatic heterocycles. The molecule has 76 valence electrons. The zero-order valence-electron chi connectivity index (χ0n) is 7.65. The Morgan fingerprint density at radius 2 is 2.36 bits per heavy atom. The second-order valence-electron chi connectivity index (χ2n) is 3.18. The van der Waals surface area contributed by atoms with Crippen LogP contribution in [0, 0.1) is 5.82 Å².